The molecule has 6 heteroatoms. The fraction of sp³-hybridized carbons (Fsp3) is 0.250. The van der Waals surface area contributed by atoms with Crippen molar-refractivity contribution in [2.24, 2.45) is 12.1 Å². The van der Waals surface area contributed by atoms with Crippen LogP contribution in [0.25, 0.3) is 0 Å². The fourth-order valence-corrected chi connectivity index (χ4v) is 3.31. The summed E-state index contributed by atoms with van der Waals surface area (Å²) >= 11 is 0. The summed E-state index contributed by atoms with van der Waals surface area (Å²) in [5, 5.41) is 13.2. The quantitative estimate of drug-likeness (QED) is 0.789. The molecule has 1 aliphatic heterocycles. The van der Waals surface area contributed by atoms with Gasteiger partial charge in [-0.1, -0.05) is 61.5 Å². The summed E-state index contributed by atoms with van der Waals surface area (Å²) in [5.41, 5.74) is 4.35. The average Bonchev–Trinajstić information content (AvgIpc) is 3.27. The van der Waals surface area contributed by atoms with E-state index in [-0.39, 0.29) is 11.6 Å². The van der Waals surface area contributed by atoms with E-state index in [0.717, 1.165) is 17.7 Å². The molecule has 0 radical (unpaired) electrons. The summed E-state index contributed by atoms with van der Waals surface area (Å²) in [7, 11) is 1.70. The predicted octanol–water partition coefficient (Wildman–Crippen LogP) is 2.68. The second-order valence-electron chi connectivity index (χ2n) is 6.47. The van der Waals surface area contributed by atoms with E-state index >= 15 is 0 Å². The Bertz CT molecular complexity index is 985. The molecular weight excluding hydrogens is 326 g/mol. The number of rotatable bonds is 4. The molecule has 4 rings (SSSR count). The Morgan fingerprint density at radius 1 is 1.12 bits per heavy atom. The van der Waals surface area contributed by atoms with Crippen LogP contribution in [0.3, 0.4) is 0 Å². The van der Waals surface area contributed by atoms with Gasteiger partial charge in [-0.15, -0.1) is 5.10 Å². The van der Waals surface area contributed by atoms with E-state index in [4.69, 9.17) is 5.10 Å². The monoisotopic (exact) mass is 347 g/mol. The van der Waals surface area contributed by atoms with Gasteiger partial charge in [0.2, 0.25) is 5.95 Å². The topological polar surface area (TPSA) is 66.3 Å². The third-order valence-corrected chi connectivity index (χ3v) is 4.86. The summed E-state index contributed by atoms with van der Waals surface area (Å²) in [4.78, 5) is 11.7. The van der Waals surface area contributed by atoms with Gasteiger partial charge in [0.25, 0.3) is 0 Å². The standard InChI is InChI=1S/C20H21N5O/c1-3-14-9-11-16(12-10-14)18-17(15-7-5-4-6-8-15)13-25(23-18)19-21-22-20(26)24(19)2/h4-12,17H,3,13H2,1-2H3,(H,22,26)/t17-/m0/s1. The van der Waals surface area contributed by atoms with E-state index in [1.807, 2.05) is 18.2 Å². The molecule has 3 aromatic rings. The number of H-pyrrole nitrogens is 1. The third-order valence-electron chi connectivity index (χ3n) is 4.86. The largest absolute Gasteiger partial charge is 0.344 e. The summed E-state index contributed by atoms with van der Waals surface area (Å²) in [6.45, 7) is 2.79. The van der Waals surface area contributed by atoms with Gasteiger partial charge in [-0.25, -0.2) is 14.9 Å². The van der Waals surface area contributed by atoms with Gasteiger partial charge in [0.1, 0.15) is 0 Å². The number of aryl methyl sites for hydroxylation is 1. The number of nitrogens with one attached hydrogen (secondary N) is 1. The Morgan fingerprint density at radius 2 is 1.85 bits per heavy atom. The number of nitrogens with zero attached hydrogens (tertiary/aromatic N) is 4. The Morgan fingerprint density at radius 3 is 2.46 bits per heavy atom. The minimum atomic E-state index is -0.243. The van der Waals surface area contributed by atoms with Crippen LogP contribution in [0.4, 0.5) is 5.95 Å². The number of anilines is 1. The molecule has 0 saturated carbocycles. The van der Waals surface area contributed by atoms with Crippen molar-refractivity contribution in [3.8, 4) is 0 Å². The maximum atomic E-state index is 11.7. The first kappa shape index (κ1) is 16.3. The molecule has 0 fully saturated rings. The first-order valence-corrected chi connectivity index (χ1v) is 8.79. The molecule has 2 heterocycles. The maximum Gasteiger partial charge on any atom is 0.344 e. The van der Waals surface area contributed by atoms with Crippen molar-refractivity contribution in [1.29, 1.82) is 0 Å². The van der Waals surface area contributed by atoms with Gasteiger partial charge in [-0.2, -0.15) is 5.10 Å². The number of hydrazone groups is 1. The van der Waals surface area contributed by atoms with Gasteiger partial charge in [0.05, 0.1) is 12.3 Å². The van der Waals surface area contributed by atoms with Gasteiger partial charge < -0.3 is 0 Å². The van der Waals surface area contributed by atoms with Crippen LogP contribution in [0.1, 0.15) is 29.5 Å². The van der Waals surface area contributed by atoms with Crippen LogP contribution in [-0.4, -0.2) is 27.0 Å². The molecule has 0 amide bonds. The third kappa shape index (κ3) is 2.83. The summed E-state index contributed by atoms with van der Waals surface area (Å²) in [6, 6.07) is 18.9. The molecule has 0 aliphatic carbocycles. The summed E-state index contributed by atoms with van der Waals surface area (Å²) in [5.74, 6) is 0.645. The van der Waals surface area contributed by atoms with Gasteiger partial charge in [0, 0.05) is 13.0 Å². The van der Waals surface area contributed by atoms with E-state index in [0.29, 0.717) is 12.5 Å². The minimum absolute atomic E-state index is 0.121. The second-order valence-corrected chi connectivity index (χ2v) is 6.47. The Kier molecular flexibility index (Phi) is 4.16. The lowest BCUT2D eigenvalue weighted by Gasteiger charge is -2.15. The van der Waals surface area contributed by atoms with Crippen molar-refractivity contribution < 1.29 is 0 Å². The van der Waals surface area contributed by atoms with Crippen LogP contribution in [0.5, 0.6) is 0 Å². The smallest absolute Gasteiger partial charge is 0.263 e. The van der Waals surface area contributed by atoms with Gasteiger partial charge in [0.15, 0.2) is 0 Å². The molecule has 0 unspecified atom stereocenters. The zero-order valence-electron chi connectivity index (χ0n) is 14.9. The van der Waals surface area contributed by atoms with E-state index in [1.54, 1.807) is 12.1 Å². The first-order valence-electron chi connectivity index (χ1n) is 8.79. The van der Waals surface area contributed by atoms with E-state index in [9.17, 15) is 4.79 Å². The summed E-state index contributed by atoms with van der Waals surface area (Å²) in [6.07, 6.45) is 1.01. The van der Waals surface area contributed by atoms with Gasteiger partial charge in [-0.3, -0.25) is 4.57 Å². The van der Waals surface area contributed by atoms with E-state index in [2.05, 4.69) is 53.5 Å². The second kappa shape index (κ2) is 6.63. The first-order chi connectivity index (χ1) is 12.7. The number of aromatic nitrogens is 3. The SMILES string of the molecule is CCc1ccc(C2=NN(c3n[nH]c(=O)n3C)C[C@H]2c2ccccc2)cc1. The highest BCUT2D eigenvalue weighted by Gasteiger charge is 2.31. The van der Waals surface area contributed by atoms with Crippen LogP contribution in [-0.2, 0) is 13.5 Å². The molecule has 132 valence electrons. The summed E-state index contributed by atoms with van der Waals surface area (Å²) < 4.78 is 1.48. The lowest BCUT2D eigenvalue weighted by Crippen LogP contribution is -2.23. The lowest BCUT2D eigenvalue weighted by molar-refractivity contribution is 0.766. The van der Waals surface area contributed by atoms with Crippen molar-refractivity contribution in [2.45, 2.75) is 19.3 Å². The lowest BCUT2D eigenvalue weighted by atomic mass is 9.90. The minimum Gasteiger partial charge on any atom is -0.263 e. The molecule has 1 atom stereocenters. The van der Waals surface area contributed by atoms with Gasteiger partial charge >= 0.3 is 5.69 Å². The highest BCUT2D eigenvalue weighted by Crippen LogP contribution is 2.30. The molecule has 0 spiro atoms. The molecule has 1 aromatic heterocycles. The molecule has 1 aliphatic rings. The molecule has 2 aromatic carbocycles. The zero-order valence-corrected chi connectivity index (χ0v) is 14.9. The van der Waals surface area contributed by atoms with Crippen molar-refractivity contribution in [2.75, 3.05) is 11.6 Å². The van der Waals surface area contributed by atoms with Crippen molar-refractivity contribution in [3.63, 3.8) is 0 Å². The fourth-order valence-electron chi connectivity index (χ4n) is 3.31. The average molecular weight is 347 g/mol. The normalized spacial score (nSPS) is 16.8. The highest BCUT2D eigenvalue weighted by molar-refractivity contribution is 6.07. The molecule has 0 bridgehead atoms. The van der Waals surface area contributed by atoms with Crippen molar-refractivity contribution in [1.82, 2.24) is 14.8 Å². The van der Waals surface area contributed by atoms with Crippen molar-refractivity contribution in [3.05, 3.63) is 81.8 Å². The van der Waals surface area contributed by atoms with E-state index < -0.39 is 0 Å². The van der Waals surface area contributed by atoms with Crippen molar-refractivity contribution >= 4 is 11.7 Å². The number of hydrogen-bond donors (Lipinski definition) is 1. The number of benzene rings is 2. The van der Waals surface area contributed by atoms with Gasteiger partial charge in [-0.05, 0) is 23.1 Å². The van der Waals surface area contributed by atoms with Crippen LogP contribution in [0.2, 0.25) is 0 Å². The Balaban J connectivity index is 1.77. The Hall–Kier alpha value is -3.15. The molecule has 26 heavy (non-hydrogen) atoms. The van der Waals surface area contributed by atoms with E-state index in [1.165, 1.54) is 15.7 Å². The van der Waals surface area contributed by atoms with Crippen LogP contribution >= 0.6 is 0 Å². The van der Waals surface area contributed by atoms with Crippen LogP contribution < -0.4 is 10.7 Å². The zero-order chi connectivity index (χ0) is 18.1. The molecule has 1 N–H and O–H groups in total. The Labute approximate surface area is 151 Å². The van der Waals surface area contributed by atoms with Crippen LogP contribution in [0, 0.1) is 0 Å². The highest BCUT2D eigenvalue weighted by atomic mass is 16.1. The number of hydrogen-bond acceptors (Lipinski definition) is 4. The molecular formula is C20H21N5O. The molecule has 0 saturated heterocycles. The number of aromatic amines is 1. The predicted molar refractivity (Wildman–Crippen MR) is 103 cm³/mol. The van der Waals surface area contributed by atoms with Crippen LogP contribution in [0.15, 0.2) is 64.5 Å². The maximum absolute atomic E-state index is 11.7. The molecule has 6 nitrogen and oxygen atoms in total.